The van der Waals surface area contributed by atoms with E-state index in [4.69, 9.17) is 9.72 Å². The maximum atomic E-state index is 14.3. The number of para-hydroxylation sites is 1. The summed E-state index contributed by atoms with van der Waals surface area (Å²) in [6.45, 7) is 8.31. The van der Waals surface area contributed by atoms with Gasteiger partial charge in [-0.15, -0.1) is 0 Å². The lowest BCUT2D eigenvalue weighted by Crippen LogP contribution is -2.25. The molecule has 1 atom stereocenters. The van der Waals surface area contributed by atoms with Gasteiger partial charge in [0.05, 0.1) is 29.1 Å². The second kappa shape index (κ2) is 12.7. The number of sulfone groups is 1. The van der Waals surface area contributed by atoms with Crippen molar-refractivity contribution in [1.29, 1.82) is 0 Å². The summed E-state index contributed by atoms with van der Waals surface area (Å²) in [6, 6.07) is 12.1. The summed E-state index contributed by atoms with van der Waals surface area (Å²) >= 11 is 0. The molecule has 0 unspecified atom stereocenters. The van der Waals surface area contributed by atoms with E-state index in [0.717, 1.165) is 12.3 Å². The van der Waals surface area contributed by atoms with Gasteiger partial charge in [0.2, 0.25) is 0 Å². The summed E-state index contributed by atoms with van der Waals surface area (Å²) in [4.78, 5) is 18.1. The molecule has 2 aromatic heterocycles. The van der Waals surface area contributed by atoms with E-state index in [2.05, 4.69) is 16.9 Å². The monoisotopic (exact) mass is 637 g/mol. The van der Waals surface area contributed by atoms with Gasteiger partial charge in [0.25, 0.3) is 0 Å². The number of benzene rings is 2. The Morgan fingerprint density at radius 3 is 2.31 bits per heavy atom. The van der Waals surface area contributed by atoms with E-state index in [1.807, 2.05) is 6.07 Å². The molecular weight excluding hydrogens is 600 g/mol. The molecule has 45 heavy (non-hydrogen) atoms. The highest BCUT2D eigenvalue weighted by Gasteiger charge is 2.27. The summed E-state index contributed by atoms with van der Waals surface area (Å²) in [5.41, 5.74) is 1.24. The number of aromatic nitrogens is 3. The minimum Gasteiger partial charge on any atom is -0.460 e. The number of aliphatic hydroxyl groups is 1. The first kappa shape index (κ1) is 33.7. The predicted molar refractivity (Wildman–Crippen MR) is 169 cm³/mol. The van der Waals surface area contributed by atoms with Crippen molar-refractivity contribution in [3.8, 4) is 23.0 Å². The van der Waals surface area contributed by atoms with Crippen LogP contribution < -0.4 is 0 Å². The molecule has 0 aliphatic carbocycles. The molecule has 0 bridgehead atoms. The molecular formula is C34H37F2N3O5S. The van der Waals surface area contributed by atoms with Gasteiger partial charge in [-0.1, -0.05) is 24.1 Å². The highest BCUT2D eigenvalue weighted by atomic mass is 32.2. The zero-order valence-electron chi connectivity index (χ0n) is 26.4. The smallest absolute Gasteiger partial charge is 0.306 e. The van der Waals surface area contributed by atoms with E-state index >= 15 is 0 Å². The van der Waals surface area contributed by atoms with Crippen molar-refractivity contribution < 1.29 is 31.8 Å². The predicted octanol–water partition coefficient (Wildman–Crippen LogP) is 5.64. The molecule has 11 heteroatoms. The highest BCUT2D eigenvalue weighted by Crippen LogP contribution is 2.37. The fourth-order valence-electron chi connectivity index (χ4n) is 5.15. The number of esters is 1. The minimum absolute atomic E-state index is 0.0387. The molecule has 4 aromatic rings. The Morgan fingerprint density at radius 2 is 1.71 bits per heavy atom. The van der Waals surface area contributed by atoms with E-state index in [0.29, 0.717) is 44.7 Å². The van der Waals surface area contributed by atoms with Crippen LogP contribution in [0, 0.1) is 23.5 Å². The summed E-state index contributed by atoms with van der Waals surface area (Å²) in [5.74, 6) is 2.61. The minimum atomic E-state index is -3.39. The molecule has 0 spiro atoms. The molecule has 0 aliphatic heterocycles. The number of halogens is 2. The molecule has 238 valence electrons. The van der Waals surface area contributed by atoms with E-state index in [9.17, 15) is 27.1 Å². The molecule has 0 aliphatic rings. The van der Waals surface area contributed by atoms with Gasteiger partial charge >= 0.3 is 5.97 Å². The Labute approximate surface area is 262 Å². The third kappa shape index (κ3) is 9.19. The number of ether oxygens (including phenoxy) is 1. The zero-order valence-corrected chi connectivity index (χ0v) is 27.2. The van der Waals surface area contributed by atoms with Crippen LogP contribution in [0.1, 0.15) is 69.6 Å². The van der Waals surface area contributed by atoms with E-state index in [-0.39, 0.29) is 18.6 Å². The first-order valence-electron chi connectivity index (χ1n) is 14.3. The van der Waals surface area contributed by atoms with Crippen molar-refractivity contribution in [3.05, 3.63) is 82.8 Å². The lowest BCUT2D eigenvalue weighted by Gasteiger charge is -2.24. The lowest BCUT2D eigenvalue weighted by atomic mass is 9.87. The Morgan fingerprint density at radius 1 is 1.04 bits per heavy atom. The van der Waals surface area contributed by atoms with Crippen molar-refractivity contribution in [2.75, 3.05) is 6.26 Å². The molecule has 2 aromatic carbocycles. The van der Waals surface area contributed by atoms with Crippen molar-refractivity contribution in [2.24, 2.45) is 7.05 Å². The zero-order chi connectivity index (χ0) is 33.3. The van der Waals surface area contributed by atoms with Crippen LogP contribution in [0.3, 0.4) is 0 Å². The number of carbonyl (C=O) groups is 1. The Hall–Kier alpha value is -4.14. The summed E-state index contributed by atoms with van der Waals surface area (Å²) < 4.78 is 60.1. The SMILES string of the molecule is Cn1nc(CS(C)(=O)=O)c2cccc(-c3ccc(C#CC(C)(C)O)nc3[C@@H](CC(=O)OC(C)(C)C)Cc3cc(F)cc(F)c3)c21. The second-order valence-electron chi connectivity index (χ2n) is 12.7. The van der Waals surface area contributed by atoms with Crippen LogP contribution in [0.5, 0.6) is 0 Å². The van der Waals surface area contributed by atoms with E-state index in [1.54, 1.807) is 56.8 Å². The maximum Gasteiger partial charge on any atom is 0.306 e. The number of hydrogen-bond acceptors (Lipinski definition) is 7. The van der Waals surface area contributed by atoms with Crippen LogP contribution in [0.25, 0.3) is 22.0 Å². The van der Waals surface area contributed by atoms with Crippen molar-refractivity contribution in [2.45, 2.75) is 70.3 Å². The van der Waals surface area contributed by atoms with Crippen molar-refractivity contribution >= 4 is 26.7 Å². The third-order valence-corrected chi connectivity index (χ3v) is 7.47. The number of aryl methyl sites for hydroxylation is 1. The molecule has 8 nitrogen and oxygen atoms in total. The molecule has 0 saturated carbocycles. The number of nitrogens with zero attached hydrogens (tertiary/aromatic N) is 3. The standard InChI is InChI=1S/C34H37F2N3O5S/c1-33(2,3)44-30(40)18-22(15-21-16-23(35)19-24(36)17-21)31-26(12-11-25(37-31)13-14-34(4,5)41)27-9-8-10-28-29(20-45(7,42)43)38-39(6)32(27)28/h8-12,16-17,19,22,41H,15,18,20H2,1-7H3/t22-/m1/s1. The number of fused-ring (bicyclic) bond motifs is 1. The number of carbonyl (C=O) groups excluding carboxylic acids is 1. The van der Waals surface area contributed by atoms with Crippen LogP contribution in [0.2, 0.25) is 0 Å². The Bertz CT molecular complexity index is 1910. The van der Waals surface area contributed by atoms with Crippen LogP contribution in [-0.2, 0) is 38.6 Å². The first-order chi connectivity index (χ1) is 20.8. The van der Waals surface area contributed by atoms with Crippen molar-refractivity contribution in [1.82, 2.24) is 14.8 Å². The number of rotatable bonds is 8. The van der Waals surface area contributed by atoms with Crippen LogP contribution in [0.15, 0.2) is 48.5 Å². The first-order valence-corrected chi connectivity index (χ1v) is 16.4. The van der Waals surface area contributed by atoms with Gasteiger partial charge in [-0.3, -0.25) is 9.48 Å². The van der Waals surface area contributed by atoms with Crippen LogP contribution in [0.4, 0.5) is 8.78 Å². The Kier molecular flexibility index (Phi) is 9.52. The quantitative estimate of drug-likeness (QED) is 0.197. The number of hydrogen-bond donors (Lipinski definition) is 1. The molecule has 2 heterocycles. The summed E-state index contributed by atoms with van der Waals surface area (Å²) in [5, 5.41) is 15.3. The molecule has 0 amide bonds. The second-order valence-corrected chi connectivity index (χ2v) is 14.9. The van der Waals surface area contributed by atoms with Gasteiger partial charge in [-0.05, 0) is 76.8 Å². The lowest BCUT2D eigenvalue weighted by molar-refractivity contribution is -0.155. The van der Waals surface area contributed by atoms with Gasteiger partial charge in [0, 0.05) is 41.8 Å². The van der Waals surface area contributed by atoms with Gasteiger partial charge < -0.3 is 9.84 Å². The number of pyridine rings is 1. The molecule has 0 radical (unpaired) electrons. The van der Waals surface area contributed by atoms with E-state index in [1.165, 1.54) is 26.0 Å². The maximum absolute atomic E-state index is 14.3. The molecule has 4 rings (SSSR count). The molecule has 0 saturated heterocycles. The van der Waals surface area contributed by atoms with Gasteiger partial charge in [0.15, 0.2) is 9.84 Å². The van der Waals surface area contributed by atoms with Gasteiger partial charge in [-0.25, -0.2) is 22.2 Å². The largest absolute Gasteiger partial charge is 0.460 e. The Balaban J connectivity index is 1.98. The van der Waals surface area contributed by atoms with Crippen molar-refractivity contribution in [3.63, 3.8) is 0 Å². The average molecular weight is 638 g/mol. The summed E-state index contributed by atoms with van der Waals surface area (Å²) in [6.07, 6.45) is 1.01. The average Bonchev–Trinajstić information content (AvgIpc) is 3.18. The van der Waals surface area contributed by atoms with E-state index < -0.39 is 44.6 Å². The third-order valence-electron chi connectivity index (χ3n) is 6.68. The van der Waals surface area contributed by atoms with Crippen LogP contribution in [-0.4, -0.2) is 51.7 Å². The fourth-order valence-corrected chi connectivity index (χ4v) is 5.86. The summed E-state index contributed by atoms with van der Waals surface area (Å²) in [7, 11) is -1.68. The normalized spacial score (nSPS) is 12.9. The van der Waals surface area contributed by atoms with Gasteiger partial charge in [0.1, 0.15) is 28.5 Å². The van der Waals surface area contributed by atoms with Crippen LogP contribution >= 0.6 is 0 Å². The highest BCUT2D eigenvalue weighted by molar-refractivity contribution is 7.89. The topological polar surface area (TPSA) is 111 Å². The fraction of sp³-hybridized carbons (Fsp3) is 0.382. The molecule has 0 fully saturated rings. The molecule has 1 N–H and O–H groups in total. The van der Waals surface area contributed by atoms with Gasteiger partial charge in [-0.2, -0.15) is 5.10 Å².